The number of pyridine rings is 1. The van der Waals surface area contributed by atoms with Crippen LogP contribution in [0.25, 0.3) is 0 Å². The van der Waals surface area contributed by atoms with Crippen LogP contribution in [0.3, 0.4) is 0 Å². The van der Waals surface area contributed by atoms with Gasteiger partial charge in [0.1, 0.15) is 0 Å². The van der Waals surface area contributed by atoms with Crippen LogP contribution in [0.15, 0.2) is 37.1 Å². The van der Waals surface area contributed by atoms with Crippen molar-refractivity contribution in [2.75, 3.05) is 6.54 Å². The second-order valence-electron chi connectivity index (χ2n) is 3.80. The van der Waals surface area contributed by atoms with E-state index < -0.39 is 0 Å². The number of hydrogen-bond acceptors (Lipinski definition) is 2. The van der Waals surface area contributed by atoms with Gasteiger partial charge in [0.15, 0.2) is 0 Å². The third-order valence-electron chi connectivity index (χ3n) is 2.66. The molecule has 0 N–H and O–H groups in total. The molecule has 1 aliphatic rings. The summed E-state index contributed by atoms with van der Waals surface area (Å²) in [6, 6.07) is 5.75. The molecule has 1 aliphatic heterocycles. The van der Waals surface area contributed by atoms with E-state index in [4.69, 9.17) is 0 Å². The van der Waals surface area contributed by atoms with Gasteiger partial charge in [-0.1, -0.05) is 12.1 Å². The lowest BCUT2D eigenvalue weighted by molar-refractivity contribution is -0.128. The Morgan fingerprint density at radius 2 is 2.47 bits per heavy atom. The van der Waals surface area contributed by atoms with Gasteiger partial charge in [-0.3, -0.25) is 9.78 Å². The molecule has 0 bridgehead atoms. The highest BCUT2D eigenvalue weighted by Crippen LogP contribution is 2.19. The number of likely N-dealkylation sites (tertiary alicyclic amines) is 1. The first-order chi connectivity index (χ1) is 7.29. The van der Waals surface area contributed by atoms with Crippen molar-refractivity contribution in [1.29, 1.82) is 0 Å². The molecule has 0 aliphatic carbocycles. The minimum absolute atomic E-state index is 0.200. The average Bonchev–Trinajstić information content (AvgIpc) is 2.61. The lowest BCUT2D eigenvalue weighted by atomic mass is 10.1. The Morgan fingerprint density at radius 1 is 1.60 bits per heavy atom. The summed E-state index contributed by atoms with van der Waals surface area (Å²) in [5.74, 6) is 0.506. The summed E-state index contributed by atoms with van der Waals surface area (Å²) in [4.78, 5) is 17.6. The Labute approximate surface area is 89.4 Å². The molecule has 0 saturated carbocycles. The monoisotopic (exact) mass is 202 g/mol. The maximum atomic E-state index is 11.6. The number of nitrogens with zero attached hydrogens (tertiary/aromatic N) is 2. The lowest BCUT2D eigenvalue weighted by Gasteiger charge is -2.15. The second kappa shape index (κ2) is 4.26. The van der Waals surface area contributed by atoms with Crippen molar-refractivity contribution >= 4 is 5.91 Å². The first-order valence-electron chi connectivity index (χ1n) is 5.10. The summed E-state index contributed by atoms with van der Waals surface area (Å²) in [6.45, 7) is 5.12. The van der Waals surface area contributed by atoms with Gasteiger partial charge in [-0.15, -0.1) is 6.58 Å². The van der Waals surface area contributed by atoms with E-state index in [0.717, 1.165) is 12.2 Å². The SMILES string of the molecule is C=CC1CC(=O)N(Cc2ccccn2)C1. The smallest absolute Gasteiger partial charge is 0.223 e. The first kappa shape index (κ1) is 9.90. The van der Waals surface area contributed by atoms with Gasteiger partial charge in [-0.2, -0.15) is 0 Å². The van der Waals surface area contributed by atoms with Crippen LogP contribution in [0.1, 0.15) is 12.1 Å². The Morgan fingerprint density at radius 3 is 3.07 bits per heavy atom. The van der Waals surface area contributed by atoms with Crippen LogP contribution < -0.4 is 0 Å². The molecule has 3 heteroatoms. The van der Waals surface area contributed by atoms with Gasteiger partial charge in [-0.05, 0) is 12.1 Å². The largest absolute Gasteiger partial charge is 0.336 e. The van der Waals surface area contributed by atoms with E-state index in [1.165, 1.54) is 0 Å². The topological polar surface area (TPSA) is 33.2 Å². The fraction of sp³-hybridized carbons (Fsp3) is 0.333. The van der Waals surface area contributed by atoms with Crippen LogP contribution in [0.4, 0.5) is 0 Å². The first-order valence-corrected chi connectivity index (χ1v) is 5.10. The van der Waals surface area contributed by atoms with Crippen LogP contribution in [0.5, 0.6) is 0 Å². The van der Waals surface area contributed by atoms with Gasteiger partial charge >= 0.3 is 0 Å². The minimum Gasteiger partial charge on any atom is -0.336 e. The highest BCUT2D eigenvalue weighted by molar-refractivity contribution is 5.78. The minimum atomic E-state index is 0.200. The average molecular weight is 202 g/mol. The fourth-order valence-electron chi connectivity index (χ4n) is 1.80. The highest BCUT2D eigenvalue weighted by Gasteiger charge is 2.27. The summed E-state index contributed by atoms with van der Waals surface area (Å²) in [5, 5.41) is 0. The number of aromatic nitrogens is 1. The van der Waals surface area contributed by atoms with Crippen molar-refractivity contribution in [1.82, 2.24) is 9.88 Å². The lowest BCUT2D eigenvalue weighted by Crippen LogP contribution is -2.24. The Hall–Kier alpha value is -1.64. The van der Waals surface area contributed by atoms with E-state index in [-0.39, 0.29) is 5.91 Å². The molecule has 0 spiro atoms. The Kier molecular flexibility index (Phi) is 2.81. The fourth-order valence-corrected chi connectivity index (χ4v) is 1.80. The van der Waals surface area contributed by atoms with Crippen molar-refractivity contribution in [3.63, 3.8) is 0 Å². The van der Waals surface area contributed by atoms with Gasteiger partial charge in [0.25, 0.3) is 0 Å². The van der Waals surface area contributed by atoms with Crippen molar-refractivity contribution in [2.24, 2.45) is 5.92 Å². The molecule has 78 valence electrons. The van der Waals surface area contributed by atoms with Gasteiger partial charge in [0, 0.05) is 25.1 Å². The summed E-state index contributed by atoms with van der Waals surface area (Å²) in [5.41, 5.74) is 0.940. The van der Waals surface area contributed by atoms with E-state index >= 15 is 0 Å². The summed E-state index contributed by atoms with van der Waals surface area (Å²) in [6.07, 6.45) is 4.20. The standard InChI is InChI=1S/C12H14N2O/c1-2-10-7-12(15)14(8-10)9-11-5-3-4-6-13-11/h2-6,10H,1,7-9H2. The zero-order chi connectivity index (χ0) is 10.7. The Bertz CT molecular complexity index is 361. The zero-order valence-corrected chi connectivity index (χ0v) is 8.60. The molecule has 3 nitrogen and oxygen atoms in total. The molecule has 1 fully saturated rings. The number of rotatable bonds is 3. The number of carbonyl (C=O) groups excluding carboxylic acids is 1. The van der Waals surface area contributed by atoms with Gasteiger partial charge in [0.05, 0.1) is 12.2 Å². The van der Waals surface area contributed by atoms with E-state index in [2.05, 4.69) is 11.6 Å². The summed E-state index contributed by atoms with van der Waals surface area (Å²) in [7, 11) is 0. The molecule has 2 rings (SSSR count). The zero-order valence-electron chi connectivity index (χ0n) is 8.60. The molecular formula is C12H14N2O. The van der Waals surface area contributed by atoms with Gasteiger partial charge < -0.3 is 4.90 Å². The van der Waals surface area contributed by atoms with Crippen LogP contribution >= 0.6 is 0 Å². The molecule has 15 heavy (non-hydrogen) atoms. The summed E-state index contributed by atoms with van der Waals surface area (Å²) < 4.78 is 0. The van der Waals surface area contributed by atoms with E-state index in [1.807, 2.05) is 29.2 Å². The van der Waals surface area contributed by atoms with E-state index in [0.29, 0.717) is 18.9 Å². The predicted molar refractivity (Wildman–Crippen MR) is 58.0 cm³/mol. The summed E-state index contributed by atoms with van der Waals surface area (Å²) >= 11 is 0. The molecule has 1 saturated heterocycles. The van der Waals surface area contributed by atoms with Crippen LogP contribution in [0.2, 0.25) is 0 Å². The molecular weight excluding hydrogens is 188 g/mol. The van der Waals surface area contributed by atoms with Crippen LogP contribution in [0, 0.1) is 5.92 Å². The molecule has 1 atom stereocenters. The maximum absolute atomic E-state index is 11.6. The van der Waals surface area contributed by atoms with E-state index in [9.17, 15) is 4.79 Å². The Balaban J connectivity index is 2.01. The molecule has 1 aromatic heterocycles. The van der Waals surface area contributed by atoms with Crippen molar-refractivity contribution in [2.45, 2.75) is 13.0 Å². The second-order valence-corrected chi connectivity index (χ2v) is 3.80. The highest BCUT2D eigenvalue weighted by atomic mass is 16.2. The van der Waals surface area contributed by atoms with E-state index in [1.54, 1.807) is 6.20 Å². The predicted octanol–water partition coefficient (Wildman–Crippen LogP) is 1.62. The molecule has 2 heterocycles. The van der Waals surface area contributed by atoms with Crippen LogP contribution in [-0.2, 0) is 11.3 Å². The quantitative estimate of drug-likeness (QED) is 0.698. The van der Waals surface area contributed by atoms with Crippen LogP contribution in [-0.4, -0.2) is 22.3 Å². The third kappa shape index (κ3) is 2.24. The molecule has 1 amide bonds. The molecule has 1 unspecified atom stereocenters. The molecule has 1 aromatic rings. The van der Waals surface area contributed by atoms with Crippen molar-refractivity contribution < 1.29 is 4.79 Å². The van der Waals surface area contributed by atoms with Crippen molar-refractivity contribution in [3.05, 3.63) is 42.7 Å². The molecule has 0 radical (unpaired) electrons. The number of carbonyl (C=O) groups is 1. The van der Waals surface area contributed by atoms with Gasteiger partial charge in [0.2, 0.25) is 5.91 Å². The third-order valence-corrected chi connectivity index (χ3v) is 2.66. The molecule has 0 aromatic carbocycles. The number of hydrogen-bond donors (Lipinski definition) is 0. The number of amides is 1. The normalized spacial score (nSPS) is 20.7. The maximum Gasteiger partial charge on any atom is 0.223 e. The van der Waals surface area contributed by atoms with Crippen molar-refractivity contribution in [3.8, 4) is 0 Å². The van der Waals surface area contributed by atoms with Gasteiger partial charge in [-0.25, -0.2) is 0 Å².